The number of benzene rings is 1. The van der Waals surface area contributed by atoms with E-state index in [1.54, 1.807) is 12.1 Å². The van der Waals surface area contributed by atoms with Crippen molar-refractivity contribution in [2.75, 3.05) is 19.7 Å². The second-order valence-electron chi connectivity index (χ2n) is 7.62. The largest absolute Gasteiger partial charge is 0.491 e. The topological polar surface area (TPSA) is 38.8 Å². The minimum atomic E-state index is -0.229. The van der Waals surface area contributed by atoms with Gasteiger partial charge in [-0.05, 0) is 89.2 Å². The summed E-state index contributed by atoms with van der Waals surface area (Å²) in [5, 5.41) is 0. The van der Waals surface area contributed by atoms with Crippen molar-refractivity contribution in [3.8, 4) is 5.75 Å². The number of carbonyl (C=O) groups excluding carboxylic acids is 1. The Bertz CT molecular complexity index is 553. The van der Waals surface area contributed by atoms with Crippen molar-refractivity contribution in [1.29, 1.82) is 0 Å². The van der Waals surface area contributed by atoms with Crippen LogP contribution in [0.3, 0.4) is 0 Å². The summed E-state index contributed by atoms with van der Waals surface area (Å²) in [4.78, 5) is 14.9. The van der Waals surface area contributed by atoms with Crippen molar-refractivity contribution in [3.63, 3.8) is 0 Å². The van der Waals surface area contributed by atoms with Gasteiger partial charge in [-0.1, -0.05) is 6.42 Å². The van der Waals surface area contributed by atoms with Gasteiger partial charge in [-0.15, -0.1) is 0 Å². The minimum absolute atomic E-state index is 0.132. The molecule has 3 rings (SSSR count). The first kappa shape index (κ1) is 18.2. The van der Waals surface area contributed by atoms with Gasteiger partial charge in [0.05, 0.1) is 18.3 Å². The van der Waals surface area contributed by atoms with E-state index < -0.39 is 0 Å². The summed E-state index contributed by atoms with van der Waals surface area (Å²) in [6.45, 7) is 7.01. The van der Waals surface area contributed by atoms with Crippen LogP contribution in [0.25, 0.3) is 0 Å². The van der Waals surface area contributed by atoms with Crippen LogP contribution in [0.15, 0.2) is 24.3 Å². The number of hydrogen-bond donors (Lipinski definition) is 0. The van der Waals surface area contributed by atoms with Gasteiger partial charge in [-0.3, -0.25) is 0 Å². The molecule has 25 heavy (non-hydrogen) atoms. The van der Waals surface area contributed by atoms with Crippen molar-refractivity contribution in [2.24, 2.45) is 5.92 Å². The van der Waals surface area contributed by atoms with Crippen molar-refractivity contribution < 1.29 is 14.3 Å². The molecule has 1 unspecified atom stereocenters. The molecule has 0 aliphatic carbocycles. The summed E-state index contributed by atoms with van der Waals surface area (Å²) in [6, 6.07) is 7.94. The highest BCUT2D eigenvalue weighted by atomic mass is 16.5. The minimum Gasteiger partial charge on any atom is -0.491 e. The molecule has 0 N–H and O–H groups in total. The molecule has 2 saturated heterocycles. The lowest BCUT2D eigenvalue weighted by molar-refractivity contribution is 0.0296. The van der Waals surface area contributed by atoms with Crippen LogP contribution in [0.1, 0.15) is 62.7 Å². The van der Waals surface area contributed by atoms with Crippen LogP contribution in [-0.2, 0) is 4.74 Å². The van der Waals surface area contributed by atoms with E-state index in [0.717, 1.165) is 12.2 Å². The van der Waals surface area contributed by atoms with E-state index in [4.69, 9.17) is 9.47 Å². The van der Waals surface area contributed by atoms with Crippen LogP contribution in [0, 0.1) is 5.92 Å². The molecule has 0 radical (unpaired) electrons. The van der Waals surface area contributed by atoms with Crippen LogP contribution in [-0.4, -0.2) is 42.7 Å². The van der Waals surface area contributed by atoms with Gasteiger partial charge in [-0.2, -0.15) is 0 Å². The summed E-state index contributed by atoms with van der Waals surface area (Å²) in [5.74, 6) is 1.24. The molecule has 2 fully saturated rings. The number of esters is 1. The van der Waals surface area contributed by atoms with Gasteiger partial charge in [0.2, 0.25) is 0 Å². The zero-order valence-electron chi connectivity index (χ0n) is 15.6. The van der Waals surface area contributed by atoms with Crippen molar-refractivity contribution in [2.45, 2.75) is 64.5 Å². The Morgan fingerprint density at radius 1 is 1.12 bits per heavy atom. The normalized spacial score (nSPS) is 24.0. The number of ether oxygens (including phenoxy) is 2. The molecule has 2 heterocycles. The summed E-state index contributed by atoms with van der Waals surface area (Å²) < 4.78 is 11.1. The molecule has 0 spiro atoms. The molecule has 4 heteroatoms. The highest BCUT2D eigenvalue weighted by Crippen LogP contribution is 2.32. The smallest absolute Gasteiger partial charge is 0.338 e. The van der Waals surface area contributed by atoms with Crippen LogP contribution < -0.4 is 4.74 Å². The highest BCUT2D eigenvalue weighted by Gasteiger charge is 2.32. The lowest BCUT2D eigenvalue weighted by atomic mass is 9.82. The number of hydrogen-bond acceptors (Lipinski definition) is 4. The second kappa shape index (κ2) is 8.70. The van der Waals surface area contributed by atoms with Gasteiger partial charge in [0, 0.05) is 6.04 Å². The van der Waals surface area contributed by atoms with Crippen LogP contribution >= 0.6 is 0 Å². The van der Waals surface area contributed by atoms with E-state index >= 15 is 0 Å². The molecule has 0 amide bonds. The fourth-order valence-electron chi connectivity index (χ4n) is 4.24. The van der Waals surface area contributed by atoms with Gasteiger partial charge >= 0.3 is 5.97 Å². The number of nitrogens with zero attached hydrogens (tertiary/aromatic N) is 1. The third kappa shape index (κ3) is 4.97. The molecule has 2 atom stereocenters. The predicted octanol–water partition coefficient (Wildman–Crippen LogP) is 4.29. The first-order chi connectivity index (χ1) is 12.1. The first-order valence-electron chi connectivity index (χ1n) is 9.81. The number of carbonyl (C=O) groups is 1. The van der Waals surface area contributed by atoms with E-state index in [0.29, 0.717) is 24.1 Å². The summed E-state index contributed by atoms with van der Waals surface area (Å²) in [7, 11) is 0. The standard InChI is InChI=1S/C21H31NO3/c1-16(2)25-19-10-8-18(9-11-19)21(23)24-15-12-17-6-5-14-22-13-4-3-7-20(17)22/h8-11,16-17,20H,3-7,12-15H2,1-2H3/t17-,20?/m1/s1. The number of rotatable bonds is 6. The average Bonchev–Trinajstić information content (AvgIpc) is 2.62. The van der Waals surface area contributed by atoms with E-state index in [1.165, 1.54) is 45.2 Å². The number of fused-ring (bicyclic) bond motifs is 1. The fourth-order valence-corrected chi connectivity index (χ4v) is 4.24. The average molecular weight is 345 g/mol. The SMILES string of the molecule is CC(C)Oc1ccc(C(=O)OCC[C@H]2CCCN3CCCCC23)cc1. The predicted molar refractivity (Wildman–Crippen MR) is 99.0 cm³/mol. The highest BCUT2D eigenvalue weighted by molar-refractivity contribution is 5.89. The number of piperidine rings is 2. The van der Waals surface area contributed by atoms with Crippen LogP contribution in [0.5, 0.6) is 5.75 Å². The second-order valence-corrected chi connectivity index (χ2v) is 7.62. The molecule has 1 aromatic carbocycles. The van der Waals surface area contributed by atoms with E-state index in [2.05, 4.69) is 4.90 Å². The summed E-state index contributed by atoms with van der Waals surface area (Å²) in [5.41, 5.74) is 0.596. The Kier molecular flexibility index (Phi) is 6.35. The molecule has 2 aliphatic rings. The summed E-state index contributed by atoms with van der Waals surface area (Å²) in [6.07, 6.45) is 7.69. The summed E-state index contributed by atoms with van der Waals surface area (Å²) >= 11 is 0. The molecule has 138 valence electrons. The molecule has 4 nitrogen and oxygen atoms in total. The third-order valence-corrected chi connectivity index (χ3v) is 5.41. The lowest BCUT2D eigenvalue weighted by Gasteiger charge is -2.44. The first-order valence-corrected chi connectivity index (χ1v) is 9.81. The maximum Gasteiger partial charge on any atom is 0.338 e. The molecule has 0 saturated carbocycles. The molecular formula is C21H31NO3. The molecule has 0 bridgehead atoms. The van der Waals surface area contributed by atoms with E-state index in [1.807, 2.05) is 26.0 Å². The Hall–Kier alpha value is -1.55. The van der Waals surface area contributed by atoms with Crippen molar-refractivity contribution in [1.82, 2.24) is 4.90 Å². The van der Waals surface area contributed by atoms with Crippen LogP contribution in [0.4, 0.5) is 0 Å². The zero-order chi connectivity index (χ0) is 17.6. The monoisotopic (exact) mass is 345 g/mol. The van der Waals surface area contributed by atoms with Gasteiger partial charge in [0.1, 0.15) is 5.75 Å². The van der Waals surface area contributed by atoms with Crippen molar-refractivity contribution in [3.05, 3.63) is 29.8 Å². The van der Waals surface area contributed by atoms with E-state index in [9.17, 15) is 4.79 Å². The Labute approximate surface area is 151 Å². The van der Waals surface area contributed by atoms with E-state index in [-0.39, 0.29) is 12.1 Å². The third-order valence-electron chi connectivity index (χ3n) is 5.41. The maximum atomic E-state index is 12.2. The molecule has 0 aromatic heterocycles. The van der Waals surface area contributed by atoms with Crippen LogP contribution in [0.2, 0.25) is 0 Å². The fraction of sp³-hybridized carbons (Fsp3) is 0.667. The van der Waals surface area contributed by atoms with Gasteiger partial charge < -0.3 is 14.4 Å². The Balaban J connectivity index is 1.45. The molecular weight excluding hydrogens is 314 g/mol. The lowest BCUT2D eigenvalue weighted by Crippen LogP contribution is -2.48. The molecule has 1 aromatic rings. The Morgan fingerprint density at radius 2 is 1.88 bits per heavy atom. The zero-order valence-corrected chi connectivity index (χ0v) is 15.6. The van der Waals surface area contributed by atoms with Gasteiger partial charge in [0.15, 0.2) is 0 Å². The quantitative estimate of drug-likeness (QED) is 0.721. The molecule has 2 aliphatic heterocycles. The van der Waals surface area contributed by atoms with Crippen molar-refractivity contribution >= 4 is 5.97 Å². The van der Waals surface area contributed by atoms with Gasteiger partial charge in [0.25, 0.3) is 0 Å². The Morgan fingerprint density at radius 3 is 2.64 bits per heavy atom. The van der Waals surface area contributed by atoms with Gasteiger partial charge in [-0.25, -0.2) is 4.79 Å². The maximum absolute atomic E-state index is 12.2.